The lowest BCUT2D eigenvalue weighted by Gasteiger charge is -2.35. The second-order valence-electron chi connectivity index (χ2n) is 8.16. The molecule has 0 saturated carbocycles. The first kappa shape index (κ1) is 21.0. The van der Waals surface area contributed by atoms with Crippen LogP contribution in [0.1, 0.15) is 48.5 Å². The standard InChI is InChI=1S/C26H28N2O3/c1-3-20-8-6-7-15-28(20)25(29)17-31-26(30)22-16-24(19-13-11-18(2)12-14-19)27-23-10-5-4-9-21(22)23/h4-5,9-14,16,20H,3,6-8,15,17H2,1-2H3/t20-/m0/s1. The van der Waals surface area contributed by atoms with E-state index >= 15 is 0 Å². The van der Waals surface area contributed by atoms with Crippen LogP contribution in [0.4, 0.5) is 0 Å². The van der Waals surface area contributed by atoms with Gasteiger partial charge in [0.2, 0.25) is 0 Å². The molecule has 0 radical (unpaired) electrons. The molecule has 1 fully saturated rings. The van der Waals surface area contributed by atoms with Gasteiger partial charge in [-0.1, -0.05) is 55.0 Å². The zero-order valence-corrected chi connectivity index (χ0v) is 18.1. The molecular weight excluding hydrogens is 388 g/mol. The Kier molecular flexibility index (Phi) is 6.31. The van der Waals surface area contributed by atoms with Gasteiger partial charge in [0.1, 0.15) is 0 Å². The summed E-state index contributed by atoms with van der Waals surface area (Å²) in [5.41, 5.74) is 3.95. The maximum absolute atomic E-state index is 13.0. The molecule has 1 aliphatic rings. The molecule has 0 aliphatic carbocycles. The molecule has 1 saturated heterocycles. The number of ether oxygens (including phenoxy) is 1. The number of carbonyl (C=O) groups excluding carboxylic acids is 2. The number of carbonyl (C=O) groups is 2. The summed E-state index contributed by atoms with van der Waals surface area (Å²) in [5.74, 6) is -0.609. The average molecular weight is 417 g/mol. The van der Waals surface area contributed by atoms with Crippen LogP contribution in [-0.4, -0.2) is 41.0 Å². The molecular formula is C26H28N2O3. The number of hydrogen-bond donors (Lipinski definition) is 0. The number of aryl methyl sites for hydroxylation is 1. The third-order valence-electron chi connectivity index (χ3n) is 6.03. The largest absolute Gasteiger partial charge is 0.452 e. The Morgan fingerprint density at radius 3 is 2.65 bits per heavy atom. The first-order valence-electron chi connectivity index (χ1n) is 11.0. The van der Waals surface area contributed by atoms with Gasteiger partial charge in [-0.25, -0.2) is 9.78 Å². The molecule has 0 bridgehead atoms. The number of aromatic nitrogens is 1. The minimum atomic E-state index is -0.495. The van der Waals surface area contributed by atoms with Gasteiger partial charge in [-0.3, -0.25) is 4.79 Å². The van der Waals surface area contributed by atoms with Crippen molar-refractivity contribution >= 4 is 22.8 Å². The fourth-order valence-electron chi connectivity index (χ4n) is 4.26. The van der Waals surface area contributed by atoms with Crippen LogP contribution >= 0.6 is 0 Å². The molecule has 1 atom stereocenters. The molecule has 31 heavy (non-hydrogen) atoms. The molecule has 5 heteroatoms. The van der Waals surface area contributed by atoms with Crippen molar-refractivity contribution < 1.29 is 14.3 Å². The maximum Gasteiger partial charge on any atom is 0.339 e. The van der Waals surface area contributed by atoms with Crippen LogP contribution in [-0.2, 0) is 9.53 Å². The van der Waals surface area contributed by atoms with Gasteiger partial charge in [-0.2, -0.15) is 0 Å². The van der Waals surface area contributed by atoms with Crippen LogP contribution in [0, 0.1) is 6.92 Å². The van der Waals surface area contributed by atoms with Crippen LogP contribution in [0.3, 0.4) is 0 Å². The number of likely N-dealkylation sites (tertiary alicyclic amines) is 1. The van der Waals surface area contributed by atoms with Crippen LogP contribution < -0.4 is 0 Å². The second-order valence-corrected chi connectivity index (χ2v) is 8.16. The first-order valence-corrected chi connectivity index (χ1v) is 11.0. The molecule has 2 aromatic carbocycles. The van der Waals surface area contributed by atoms with E-state index in [4.69, 9.17) is 9.72 Å². The van der Waals surface area contributed by atoms with Crippen LogP contribution in [0.5, 0.6) is 0 Å². The van der Waals surface area contributed by atoms with Crippen molar-refractivity contribution in [2.75, 3.05) is 13.2 Å². The van der Waals surface area contributed by atoms with E-state index in [9.17, 15) is 9.59 Å². The van der Waals surface area contributed by atoms with Gasteiger partial charge in [0.05, 0.1) is 16.8 Å². The Bertz CT molecular complexity index is 1090. The monoisotopic (exact) mass is 416 g/mol. The number of rotatable bonds is 5. The zero-order chi connectivity index (χ0) is 21.8. The summed E-state index contributed by atoms with van der Waals surface area (Å²) in [7, 11) is 0. The third-order valence-corrected chi connectivity index (χ3v) is 6.03. The van der Waals surface area contributed by atoms with Gasteiger partial charge in [0.15, 0.2) is 6.61 Å². The van der Waals surface area contributed by atoms with Crippen molar-refractivity contribution in [3.8, 4) is 11.3 Å². The van der Waals surface area contributed by atoms with Gasteiger partial charge in [0, 0.05) is 23.5 Å². The number of benzene rings is 2. The van der Waals surface area contributed by atoms with E-state index < -0.39 is 5.97 Å². The minimum Gasteiger partial charge on any atom is -0.452 e. The summed E-state index contributed by atoms with van der Waals surface area (Å²) in [4.78, 5) is 32.3. The van der Waals surface area contributed by atoms with E-state index in [1.807, 2.05) is 60.4 Å². The number of pyridine rings is 1. The Hall–Kier alpha value is -3.21. The van der Waals surface area contributed by atoms with E-state index in [2.05, 4.69) is 6.92 Å². The molecule has 2 heterocycles. The molecule has 5 nitrogen and oxygen atoms in total. The van der Waals surface area contributed by atoms with Crippen molar-refractivity contribution in [1.82, 2.24) is 9.88 Å². The van der Waals surface area contributed by atoms with Crippen molar-refractivity contribution in [2.45, 2.75) is 45.6 Å². The molecule has 1 aromatic heterocycles. The Balaban J connectivity index is 1.58. The zero-order valence-electron chi connectivity index (χ0n) is 18.1. The topological polar surface area (TPSA) is 59.5 Å². The highest BCUT2D eigenvalue weighted by Crippen LogP contribution is 2.26. The first-order chi connectivity index (χ1) is 15.1. The molecule has 1 amide bonds. The third kappa shape index (κ3) is 4.61. The number of nitrogens with zero attached hydrogens (tertiary/aromatic N) is 2. The van der Waals surface area contributed by atoms with Crippen LogP contribution in [0.2, 0.25) is 0 Å². The van der Waals surface area contributed by atoms with Crippen molar-refractivity contribution in [3.05, 3.63) is 65.7 Å². The Labute approximate surface area is 183 Å². The normalized spacial score (nSPS) is 16.3. The Morgan fingerprint density at radius 2 is 1.87 bits per heavy atom. The van der Waals surface area contributed by atoms with Crippen molar-refractivity contribution in [2.24, 2.45) is 0 Å². The lowest BCUT2D eigenvalue weighted by molar-refractivity contribution is -0.138. The van der Waals surface area contributed by atoms with Gasteiger partial charge in [-0.05, 0) is 44.7 Å². The Morgan fingerprint density at radius 1 is 1.10 bits per heavy atom. The summed E-state index contributed by atoms with van der Waals surface area (Å²) in [5, 5.41) is 0.722. The smallest absolute Gasteiger partial charge is 0.339 e. The lowest BCUT2D eigenvalue weighted by atomic mass is 10.00. The summed E-state index contributed by atoms with van der Waals surface area (Å²) < 4.78 is 5.50. The molecule has 160 valence electrons. The predicted octanol–water partition coefficient (Wildman–Crippen LogP) is 5.16. The van der Waals surface area contributed by atoms with E-state index in [-0.39, 0.29) is 18.6 Å². The van der Waals surface area contributed by atoms with Crippen LogP contribution in [0.25, 0.3) is 22.2 Å². The molecule has 0 N–H and O–H groups in total. The average Bonchev–Trinajstić information content (AvgIpc) is 2.82. The molecule has 0 spiro atoms. The summed E-state index contributed by atoms with van der Waals surface area (Å²) in [6.07, 6.45) is 4.09. The second kappa shape index (κ2) is 9.29. The van der Waals surface area contributed by atoms with E-state index in [0.29, 0.717) is 11.3 Å². The summed E-state index contributed by atoms with van der Waals surface area (Å²) >= 11 is 0. The molecule has 3 aromatic rings. The lowest BCUT2D eigenvalue weighted by Crippen LogP contribution is -2.45. The van der Waals surface area contributed by atoms with E-state index in [0.717, 1.165) is 54.3 Å². The molecule has 0 unspecified atom stereocenters. The highest BCUT2D eigenvalue weighted by Gasteiger charge is 2.26. The molecule has 1 aliphatic heterocycles. The van der Waals surface area contributed by atoms with Crippen LogP contribution in [0.15, 0.2) is 54.6 Å². The highest BCUT2D eigenvalue weighted by atomic mass is 16.5. The SMILES string of the molecule is CC[C@H]1CCCCN1C(=O)COC(=O)c1cc(-c2ccc(C)cc2)nc2ccccc12. The predicted molar refractivity (Wildman–Crippen MR) is 122 cm³/mol. The number of esters is 1. The number of hydrogen-bond acceptors (Lipinski definition) is 4. The number of piperidine rings is 1. The number of amides is 1. The van der Waals surface area contributed by atoms with Crippen molar-refractivity contribution in [1.29, 1.82) is 0 Å². The quantitative estimate of drug-likeness (QED) is 0.539. The summed E-state index contributed by atoms with van der Waals surface area (Å²) in [6, 6.07) is 17.5. The fourth-order valence-corrected chi connectivity index (χ4v) is 4.26. The number of para-hydroxylation sites is 1. The van der Waals surface area contributed by atoms with Gasteiger partial charge < -0.3 is 9.64 Å². The summed E-state index contributed by atoms with van der Waals surface area (Å²) in [6.45, 7) is 4.64. The van der Waals surface area contributed by atoms with E-state index in [1.54, 1.807) is 6.07 Å². The van der Waals surface area contributed by atoms with Crippen molar-refractivity contribution in [3.63, 3.8) is 0 Å². The molecule has 4 rings (SSSR count). The van der Waals surface area contributed by atoms with E-state index in [1.165, 1.54) is 0 Å². The minimum absolute atomic E-state index is 0.114. The van der Waals surface area contributed by atoms with Gasteiger partial charge in [-0.15, -0.1) is 0 Å². The van der Waals surface area contributed by atoms with Gasteiger partial charge >= 0.3 is 5.97 Å². The number of fused-ring (bicyclic) bond motifs is 1. The maximum atomic E-state index is 13.0. The van der Waals surface area contributed by atoms with Gasteiger partial charge in [0.25, 0.3) is 5.91 Å². The highest BCUT2D eigenvalue weighted by molar-refractivity contribution is 6.05. The fraction of sp³-hybridized carbons (Fsp3) is 0.346.